The van der Waals surface area contributed by atoms with Gasteiger partial charge < -0.3 is 9.63 Å². The summed E-state index contributed by atoms with van der Waals surface area (Å²) in [6.07, 6.45) is 0.0959. The Bertz CT molecular complexity index is 621. The van der Waals surface area contributed by atoms with Crippen LogP contribution in [0.1, 0.15) is 15.2 Å². The Kier molecular flexibility index (Phi) is 4.20. The average molecular weight is 296 g/mol. The molecule has 1 N–H and O–H groups in total. The van der Waals surface area contributed by atoms with Crippen LogP contribution in [0.3, 0.4) is 0 Å². The van der Waals surface area contributed by atoms with Gasteiger partial charge in [0.1, 0.15) is 4.88 Å². The van der Waals surface area contributed by atoms with E-state index < -0.39 is 13.3 Å². The summed E-state index contributed by atoms with van der Waals surface area (Å²) >= 11 is 1.13. The molecule has 0 aliphatic carbocycles. The van der Waals surface area contributed by atoms with E-state index >= 15 is 0 Å². The molecule has 0 saturated heterocycles. The van der Waals surface area contributed by atoms with Crippen LogP contribution < -0.4 is 5.30 Å². The van der Waals surface area contributed by atoms with Gasteiger partial charge in [-0.1, -0.05) is 18.2 Å². The first-order valence-corrected chi connectivity index (χ1v) is 8.26. The molecule has 1 heterocycles. The highest BCUT2D eigenvalue weighted by molar-refractivity contribution is 7.66. The van der Waals surface area contributed by atoms with Crippen LogP contribution in [0.25, 0.3) is 0 Å². The van der Waals surface area contributed by atoms with Gasteiger partial charge in [0.15, 0.2) is 0 Å². The van der Waals surface area contributed by atoms with Crippen molar-refractivity contribution in [2.75, 3.05) is 7.11 Å². The average Bonchev–Trinajstić information content (AvgIpc) is 2.87. The maximum atomic E-state index is 12.8. The fourth-order valence-electron chi connectivity index (χ4n) is 1.79. The van der Waals surface area contributed by atoms with E-state index in [2.05, 4.69) is 0 Å². The minimum absolute atomic E-state index is 0.0959. The van der Waals surface area contributed by atoms with Crippen molar-refractivity contribution in [1.82, 2.24) is 0 Å². The molecule has 0 aliphatic heterocycles. The van der Waals surface area contributed by atoms with E-state index in [0.29, 0.717) is 10.9 Å². The second kappa shape index (κ2) is 5.70. The van der Waals surface area contributed by atoms with Crippen LogP contribution in [0.2, 0.25) is 0 Å². The van der Waals surface area contributed by atoms with Crippen molar-refractivity contribution in [2.45, 2.75) is 6.16 Å². The lowest BCUT2D eigenvalue weighted by atomic mass is 10.3. The van der Waals surface area contributed by atoms with Gasteiger partial charge >= 0.3 is 5.97 Å². The van der Waals surface area contributed by atoms with Crippen LogP contribution in [0.4, 0.5) is 0 Å². The summed E-state index contributed by atoms with van der Waals surface area (Å²) < 4.78 is 18.0. The number of carboxylic acids is 1. The first-order valence-electron chi connectivity index (χ1n) is 5.57. The quantitative estimate of drug-likeness (QED) is 0.861. The smallest absolute Gasteiger partial charge is 0.346 e. The summed E-state index contributed by atoms with van der Waals surface area (Å²) in [5.74, 6) is -0.999. The molecule has 0 fully saturated rings. The number of carboxylic acid groups (broad SMARTS) is 1. The van der Waals surface area contributed by atoms with Crippen molar-refractivity contribution in [1.29, 1.82) is 0 Å². The van der Waals surface area contributed by atoms with E-state index in [0.717, 1.165) is 11.3 Å². The number of benzene rings is 1. The molecule has 1 aromatic heterocycles. The third-order valence-corrected chi connectivity index (χ3v) is 6.14. The van der Waals surface area contributed by atoms with E-state index in [4.69, 9.17) is 9.63 Å². The zero-order chi connectivity index (χ0) is 13.9. The molecule has 2 rings (SSSR count). The Hall–Kier alpha value is -1.42. The maximum Gasteiger partial charge on any atom is 0.346 e. The molecule has 1 atom stereocenters. The lowest BCUT2D eigenvalue weighted by Crippen LogP contribution is -2.09. The Labute approximate surface area is 115 Å². The topological polar surface area (TPSA) is 63.6 Å². The molecule has 0 spiro atoms. The molecular weight excluding hydrogens is 283 g/mol. The van der Waals surface area contributed by atoms with Crippen molar-refractivity contribution in [3.8, 4) is 0 Å². The van der Waals surface area contributed by atoms with Crippen molar-refractivity contribution >= 4 is 30.0 Å². The highest BCUT2D eigenvalue weighted by Gasteiger charge is 2.27. The standard InChI is InChI=1S/C13H13O4PS/c1-17-18(16,11-5-3-2-4-6-11)9-10-7-8-19-12(10)13(14)15/h2-8H,9H2,1H3,(H,14,15). The van der Waals surface area contributed by atoms with E-state index in [1.807, 2.05) is 6.07 Å². The van der Waals surface area contributed by atoms with E-state index in [1.165, 1.54) is 7.11 Å². The van der Waals surface area contributed by atoms with Crippen molar-refractivity contribution in [2.24, 2.45) is 0 Å². The van der Waals surface area contributed by atoms with Gasteiger partial charge in [0.25, 0.3) is 0 Å². The molecule has 0 amide bonds. The number of hydrogen-bond acceptors (Lipinski definition) is 4. The summed E-state index contributed by atoms with van der Waals surface area (Å²) in [7, 11) is -1.68. The summed E-state index contributed by atoms with van der Waals surface area (Å²) in [4.78, 5) is 11.3. The molecule has 0 aliphatic rings. The van der Waals surface area contributed by atoms with Crippen molar-refractivity contribution < 1.29 is 19.0 Å². The Morgan fingerprint density at radius 1 is 1.32 bits per heavy atom. The molecule has 1 aromatic carbocycles. The molecular formula is C13H13O4PS. The second-order valence-corrected chi connectivity index (χ2v) is 7.39. The number of aromatic carboxylic acids is 1. The molecule has 100 valence electrons. The molecule has 1 unspecified atom stereocenters. The normalized spacial score (nSPS) is 13.9. The van der Waals surface area contributed by atoms with Crippen LogP contribution in [0, 0.1) is 0 Å². The zero-order valence-corrected chi connectivity index (χ0v) is 12.0. The zero-order valence-electron chi connectivity index (χ0n) is 10.3. The number of thiophene rings is 1. The van der Waals surface area contributed by atoms with E-state index in [9.17, 15) is 9.36 Å². The largest absolute Gasteiger partial charge is 0.477 e. The van der Waals surface area contributed by atoms with E-state index in [1.54, 1.807) is 35.7 Å². The highest BCUT2D eigenvalue weighted by Crippen LogP contribution is 2.49. The van der Waals surface area contributed by atoms with E-state index in [-0.39, 0.29) is 11.0 Å². The molecule has 6 heteroatoms. The van der Waals surface area contributed by atoms with Crippen molar-refractivity contribution in [3.05, 3.63) is 52.2 Å². The number of carbonyl (C=O) groups is 1. The van der Waals surface area contributed by atoms with Gasteiger partial charge in [0, 0.05) is 12.4 Å². The van der Waals surface area contributed by atoms with Gasteiger partial charge in [-0.15, -0.1) is 11.3 Å². The van der Waals surface area contributed by atoms with Crippen LogP contribution in [-0.2, 0) is 15.3 Å². The van der Waals surface area contributed by atoms with Gasteiger partial charge in [-0.25, -0.2) is 4.79 Å². The lowest BCUT2D eigenvalue weighted by molar-refractivity contribution is 0.0701. The predicted octanol–water partition coefficient (Wildman–Crippen LogP) is 3.20. The Balaban J connectivity index is 2.36. The number of rotatable bonds is 5. The SMILES string of the molecule is COP(=O)(Cc1ccsc1C(=O)O)c1ccccc1. The fraction of sp³-hybridized carbons (Fsp3) is 0.154. The predicted molar refractivity (Wildman–Crippen MR) is 75.7 cm³/mol. The summed E-state index contributed by atoms with van der Waals surface area (Å²) in [6, 6.07) is 10.5. The van der Waals surface area contributed by atoms with Crippen LogP contribution in [0.15, 0.2) is 41.8 Å². The first-order chi connectivity index (χ1) is 9.07. The van der Waals surface area contributed by atoms with Crippen LogP contribution >= 0.6 is 18.7 Å². The van der Waals surface area contributed by atoms with Gasteiger partial charge in [0.2, 0.25) is 7.37 Å². The molecule has 0 bridgehead atoms. The van der Waals surface area contributed by atoms with Gasteiger partial charge in [-0.05, 0) is 29.1 Å². The molecule has 19 heavy (non-hydrogen) atoms. The number of hydrogen-bond donors (Lipinski definition) is 1. The van der Waals surface area contributed by atoms with Gasteiger partial charge in [-0.2, -0.15) is 0 Å². The molecule has 0 radical (unpaired) electrons. The molecule has 0 saturated carbocycles. The minimum atomic E-state index is -3.06. The third kappa shape index (κ3) is 2.95. The molecule has 2 aromatic rings. The monoisotopic (exact) mass is 296 g/mol. The molecule has 4 nitrogen and oxygen atoms in total. The highest BCUT2D eigenvalue weighted by atomic mass is 32.1. The first kappa shape index (κ1) is 14.0. The summed E-state index contributed by atoms with van der Waals surface area (Å²) in [6.45, 7) is 0. The maximum absolute atomic E-state index is 12.8. The minimum Gasteiger partial charge on any atom is -0.477 e. The summed E-state index contributed by atoms with van der Waals surface area (Å²) in [5.41, 5.74) is 0.548. The second-order valence-electron chi connectivity index (χ2n) is 3.93. The van der Waals surface area contributed by atoms with Crippen LogP contribution in [-0.4, -0.2) is 18.2 Å². The van der Waals surface area contributed by atoms with Gasteiger partial charge in [-0.3, -0.25) is 4.57 Å². The van der Waals surface area contributed by atoms with Crippen molar-refractivity contribution in [3.63, 3.8) is 0 Å². The summed E-state index contributed by atoms with van der Waals surface area (Å²) in [5, 5.41) is 11.4. The Morgan fingerprint density at radius 2 is 2.00 bits per heavy atom. The third-order valence-electron chi connectivity index (χ3n) is 2.76. The lowest BCUT2D eigenvalue weighted by Gasteiger charge is -2.16. The van der Waals surface area contributed by atoms with Gasteiger partial charge in [0.05, 0.1) is 6.16 Å². The fourth-order valence-corrected chi connectivity index (χ4v) is 4.52. The Morgan fingerprint density at radius 3 is 2.58 bits per heavy atom. The van der Waals surface area contributed by atoms with Crippen LogP contribution in [0.5, 0.6) is 0 Å².